The molecule has 0 fully saturated rings. The first-order valence-electron chi connectivity index (χ1n) is 5.42. The average molecular weight is 291 g/mol. The summed E-state index contributed by atoms with van der Waals surface area (Å²) < 4.78 is 37.0. The first-order chi connectivity index (χ1) is 8.89. The molecule has 0 saturated heterocycles. The number of rotatable bonds is 3. The minimum absolute atomic E-state index is 0.0386. The molecule has 0 atom stereocenters. The Kier molecular flexibility index (Phi) is 5.39. The van der Waals surface area contributed by atoms with Gasteiger partial charge in [0.1, 0.15) is 18.0 Å². The molecule has 0 spiro atoms. The van der Waals surface area contributed by atoms with Crippen LogP contribution < -0.4 is 0 Å². The monoisotopic (exact) mass is 291 g/mol. The molecular formula is C12H12F3NO2S. The van der Waals surface area contributed by atoms with Gasteiger partial charge >= 0.3 is 6.18 Å². The van der Waals surface area contributed by atoms with E-state index in [0.717, 1.165) is 16.2 Å². The van der Waals surface area contributed by atoms with Crippen molar-refractivity contribution in [2.24, 2.45) is 0 Å². The fraction of sp³-hybridized carbons (Fsp3) is 0.417. The molecule has 0 aliphatic heterocycles. The Labute approximate surface area is 112 Å². The predicted octanol–water partition coefficient (Wildman–Crippen LogP) is 2.12. The Morgan fingerprint density at radius 3 is 2.74 bits per heavy atom. The second-order valence-electron chi connectivity index (χ2n) is 3.56. The highest BCUT2D eigenvalue weighted by atomic mass is 32.1. The van der Waals surface area contributed by atoms with E-state index in [4.69, 9.17) is 5.11 Å². The second kappa shape index (κ2) is 6.59. The highest BCUT2D eigenvalue weighted by molar-refractivity contribution is 7.12. The minimum Gasteiger partial charge on any atom is -0.384 e. The number of halogens is 3. The Hall–Kier alpha value is -1.52. The van der Waals surface area contributed by atoms with E-state index in [9.17, 15) is 18.0 Å². The van der Waals surface area contributed by atoms with Gasteiger partial charge in [-0.2, -0.15) is 13.2 Å². The summed E-state index contributed by atoms with van der Waals surface area (Å²) >= 11 is 1.04. The van der Waals surface area contributed by atoms with Crippen LogP contribution in [0, 0.1) is 11.8 Å². The predicted molar refractivity (Wildman–Crippen MR) is 65.9 cm³/mol. The minimum atomic E-state index is -4.43. The Morgan fingerprint density at radius 1 is 1.53 bits per heavy atom. The van der Waals surface area contributed by atoms with E-state index < -0.39 is 18.6 Å². The SMILES string of the molecule is CCN(CC(F)(F)F)C(=O)c1sccc1C#CCO. The molecule has 0 aliphatic rings. The summed E-state index contributed by atoms with van der Waals surface area (Å²) in [5, 5.41) is 10.2. The van der Waals surface area contributed by atoms with Gasteiger partial charge in [-0.3, -0.25) is 4.79 Å². The van der Waals surface area contributed by atoms with Gasteiger partial charge in [0.05, 0.1) is 0 Å². The van der Waals surface area contributed by atoms with Gasteiger partial charge in [-0.15, -0.1) is 11.3 Å². The number of amides is 1. The zero-order valence-corrected chi connectivity index (χ0v) is 10.9. The fourth-order valence-corrected chi connectivity index (χ4v) is 2.21. The van der Waals surface area contributed by atoms with Gasteiger partial charge in [0.15, 0.2) is 0 Å². The summed E-state index contributed by atoms with van der Waals surface area (Å²) in [6.45, 7) is -0.212. The van der Waals surface area contributed by atoms with Crippen LogP contribution in [0.1, 0.15) is 22.2 Å². The van der Waals surface area contributed by atoms with Gasteiger partial charge in [-0.25, -0.2) is 0 Å². The highest BCUT2D eigenvalue weighted by Crippen LogP contribution is 2.22. The molecule has 1 rings (SSSR count). The number of aliphatic hydroxyl groups excluding tert-OH is 1. The maximum Gasteiger partial charge on any atom is 0.406 e. The van der Waals surface area contributed by atoms with Crippen molar-refractivity contribution in [3.63, 3.8) is 0 Å². The van der Waals surface area contributed by atoms with Gasteiger partial charge in [0.25, 0.3) is 5.91 Å². The second-order valence-corrected chi connectivity index (χ2v) is 4.47. The third kappa shape index (κ3) is 4.58. The number of hydrogen-bond donors (Lipinski definition) is 1. The molecule has 0 radical (unpaired) electrons. The fourth-order valence-electron chi connectivity index (χ4n) is 1.40. The zero-order valence-electron chi connectivity index (χ0n) is 10.1. The number of aliphatic hydroxyl groups is 1. The Balaban J connectivity index is 2.95. The summed E-state index contributed by atoms with van der Waals surface area (Å²) in [6.07, 6.45) is -4.43. The highest BCUT2D eigenvalue weighted by Gasteiger charge is 2.33. The first kappa shape index (κ1) is 15.5. The maximum atomic E-state index is 12.3. The first-order valence-corrected chi connectivity index (χ1v) is 6.30. The quantitative estimate of drug-likeness (QED) is 0.867. The van der Waals surface area contributed by atoms with Crippen LogP contribution in [0.25, 0.3) is 0 Å². The van der Waals surface area contributed by atoms with Gasteiger partial charge in [0, 0.05) is 12.1 Å². The van der Waals surface area contributed by atoms with Crippen LogP contribution >= 0.6 is 11.3 Å². The lowest BCUT2D eigenvalue weighted by Crippen LogP contribution is -2.38. The van der Waals surface area contributed by atoms with Crippen molar-refractivity contribution in [2.75, 3.05) is 19.7 Å². The van der Waals surface area contributed by atoms with Crippen LogP contribution in [0.4, 0.5) is 13.2 Å². The molecule has 0 bridgehead atoms. The molecule has 1 amide bonds. The van der Waals surface area contributed by atoms with Gasteiger partial charge in [-0.05, 0) is 18.4 Å². The lowest BCUT2D eigenvalue weighted by Gasteiger charge is -2.21. The zero-order chi connectivity index (χ0) is 14.5. The summed E-state index contributed by atoms with van der Waals surface area (Å²) in [6, 6.07) is 1.54. The van der Waals surface area contributed by atoms with Crippen LogP contribution in [0.15, 0.2) is 11.4 Å². The van der Waals surface area contributed by atoms with E-state index in [1.165, 1.54) is 6.92 Å². The van der Waals surface area contributed by atoms with E-state index >= 15 is 0 Å². The van der Waals surface area contributed by atoms with E-state index in [2.05, 4.69) is 11.8 Å². The molecule has 3 nitrogen and oxygen atoms in total. The third-order valence-electron chi connectivity index (χ3n) is 2.20. The molecule has 1 heterocycles. The molecular weight excluding hydrogens is 279 g/mol. The van der Waals surface area contributed by atoms with Crippen molar-refractivity contribution < 1.29 is 23.1 Å². The van der Waals surface area contributed by atoms with Crippen LogP contribution in [-0.2, 0) is 0 Å². The van der Waals surface area contributed by atoms with Crippen molar-refractivity contribution in [1.82, 2.24) is 4.90 Å². The van der Waals surface area contributed by atoms with E-state index in [0.29, 0.717) is 5.56 Å². The van der Waals surface area contributed by atoms with E-state index in [-0.39, 0.29) is 18.0 Å². The molecule has 1 N–H and O–H groups in total. The van der Waals surface area contributed by atoms with Gasteiger partial charge in [0.2, 0.25) is 0 Å². The molecule has 0 unspecified atom stereocenters. The topological polar surface area (TPSA) is 40.5 Å². The number of carbonyl (C=O) groups is 1. The van der Waals surface area contributed by atoms with Crippen molar-refractivity contribution in [2.45, 2.75) is 13.1 Å². The Morgan fingerprint density at radius 2 is 2.21 bits per heavy atom. The van der Waals surface area contributed by atoms with Gasteiger partial charge < -0.3 is 10.0 Å². The molecule has 0 saturated carbocycles. The van der Waals surface area contributed by atoms with Crippen LogP contribution in [0.5, 0.6) is 0 Å². The molecule has 1 aromatic rings. The summed E-state index contributed by atoms with van der Waals surface area (Å²) in [4.78, 5) is 12.9. The number of carbonyl (C=O) groups excluding carboxylic acids is 1. The molecule has 7 heteroatoms. The lowest BCUT2D eigenvalue weighted by atomic mass is 10.2. The van der Waals surface area contributed by atoms with Crippen molar-refractivity contribution in [1.29, 1.82) is 0 Å². The van der Waals surface area contributed by atoms with Gasteiger partial charge in [-0.1, -0.05) is 11.8 Å². The molecule has 0 aliphatic carbocycles. The van der Waals surface area contributed by atoms with Crippen LogP contribution in [0.3, 0.4) is 0 Å². The van der Waals surface area contributed by atoms with E-state index in [1.807, 2.05) is 0 Å². The lowest BCUT2D eigenvalue weighted by molar-refractivity contribution is -0.140. The third-order valence-corrected chi connectivity index (χ3v) is 3.10. The largest absolute Gasteiger partial charge is 0.406 e. The number of hydrogen-bond acceptors (Lipinski definition) is 3. The summed E-state index contributed by atoms with van der Waals surface area (Å²) in [5.74, 6) is 4.22. The van der Waals surface area contributed by atoms with Crippen molar-refractivity contribution in [3.05, 3.63) is 21.9 Å². The molecule has 19 heavy (non-hydrogen) atoms. The summed E-state index contributed by atoms with van der Waals surface area (Å²) in [7, 11) is 0. The normalized spacial score (nSPS) is 10.8. The average Bonchev–Trinajstić information content (AvgIpc) is 2.79. The standard InChI is InChI=1S/C12H12F3NO2S/c1-2-16(8-12(13,14)15)11(18)10-9(4-3-6-17)5-7-19-10/h5,7,17H,2,6,8H2,1H3. The number of alkyl halides is 3. The van der Waals surface area contributed by atoms with Crippen molar-refractivity contribution >= 4 is 17.2 Å². The molecule has 104 valence electrons. The van der Waals surface area contributed by atoms with Crippen LogP contribution in [-0.4, -0.2) is 41.8 Å². The maximum absolute atomic E-state index is 12.3. The van der Waals surface area contributed by atoms with Crippen LogP contribution in [0.2, 0.25) is 0 Å². The number of nitrogens with zero attached hydrogens (tertiary/aromatic N) is 1. The molecule has 1 aromatic heterocycles. The molecule has 0 aromatic carbocycles. The van der Waals surface area contributed by atoms with E-state index in [1.54, 1.807) is 11.4 Å². The number of thiophene rings is 1. The Bertz CT molecular complexity index is 499. The smallest absolute Gasteiger partial charge is 0.384 e. The summed E-state index contributed by atoms with van der Waals surface area (Å²) in [5.41, 5.74) is 0.338. The van der Waals surface area contributed by atoms with Crippen molar-refractivity contribution in [3.8, 4) is 11.8 Å².